The first-order valence-electron chi connectivity index (χ1n) is 7.82. The summed E-state index contributed by atoms with van der Waals surface area (Å²) in [6.07, 6.45) is 4.17. The minimum Gasteiger partial charge on any atom is -0.374 e. The Kier molecular flexibility index (Phi) is 4.87. The van der Waals surface area contributed by atoms with Crippen LogP contribution in [0.15, 0.2) is 24.3 Å². The molecule has 1 heterocycles. The van der Waals surface area contributed by atoms with Gasteiger partial charge in [-0.2, -0.15) is 0 Å². The van der Waals surface area contributed by atoms with Crippen LogP contribution in [0.4, 0.5) is 0 Å². The maximum Gasteiger partial charge on any atom is 0.0735 e. The molecule has 1 N–H and O–H groups in total. The third-order valence-corrected chi connectivity index (χ3v) is 4.36. The van der Waals surface area contributed by atoms with Crippen molar-refractivity contribution in [3.63, 3.8) is 0 Å². The van der Waals surface area contributed by atoms with E-state index >= 15 is 0 Å². The van der Waals surface area contributed by atoms with Crippen molar-refractivity contribution in [2.45, 2.75) is 70.6 Å². The van der Waals surface area contributed by atoms with Gasteiger partial charge in [0.1, 0.15) is 0 Å². The van der Waals surface area contributed by atoms with Gasteiger partial charge in [-0.25, -0.2) is 0 Å². The fourth-order valence-corrected chi connectivity index (χ4v) is 2.94. The van der Waals surface area contributed by atoms with Crippen molar-refractivity contribution in [2.75, 3.05) is 7.05 Å². The first-order chi connectivity index (χ1) is 9.40. The molecule has 3 atom stereocenters. The van der Waals surface area contributed by atoms with E-state index in [1.807, 2.05) is 7.05 Å². The van der Waals surface area contributed by atoms with Crippen molar-refractivity contribution in [1.82, 2.24) is 5.32 Å². The van der Waals surface area contributed by atoms with Gasteiger partial charge in [0.2, 0.25) is 0 Å². The molecule has 0 spiro atoms. The summed E-state index contributed by atoms with van der Waals surface area (Å²) in [7, 11) is 2.04. The third-order valence-electron chi connectivity index (χ3n) is 4.36. The van der Waals surface area contributed by atoms with Crippen LogP contribution in [0.3, 0.4) is 0 Å². The Labute approximate surface area is 123 Å². The molecule has 112 valence electrons. The van der Waals surface area contributed by atoms with E-state index in [2.05, 4.69) is 57.3 Å². The average Bonchev–Trinajstić information content (AvgIpc) is 2.82. The molecule has 0 saturated carbocycles. The third kappa shape index (κ3) is 3.83. The molecule has 1 saturated heterocycles. The van der Waals surface area contributed by atoms with E-state index < -0.39 is 0 Å². The zero-order valence-electron chi connectivity index (χ0n) is 13.6. The molecule has 0 amide bonds. The quantitative estimate of drug-likeness (QED) is 0.905. The van der Waals surface area contributed by atoms with Crippen molar-refractivity contribution < 1.29 is 4.74 Å². The Morgan fingerprint density at radius 2 is 1.85 bits per heavy atom. The van der Waals surface area contributed by atoms with Gasteiger partial charge < -0.3 is 10.1 Å². The van der Waals surface area contributed by atoms with Crippen LogP contribution in [-0.2, 0) is 16.6 Å². The number of benzene rings is 1. The van der Waals surface area contributed by atoms with Crippen LogP contribution in [0, 0.1) is 0 Å². The van der Waals surface area contributed by atoms with Crippen LogP contribution < -0.4 is 5.32 Å². The molecule has 0 aliphatic carbocycles. The van der Waals surface area contributed by atoms with Gasteiger partial charge in [-0.15, -0.1) is 0 Å². The molecule has 2 heteroatoms. The van der Waals surface area contributed by atoms with Crippen molar-refractivity contribution in [3.8, 4) is 0 Å². The maximum absolute atomic E-state index is 6.00. The zero-order valence-corrected chi connectivity index (χ0v) is 13.6. The van der Waals surface area contributed by atoms with E-state index in [0.717, 1.165) is 6.42 Å². The Hall–Kier alpha value is -0.860. The molecule has 0 aromatic heterocycles. The van der Waals surface area contributed by atoms with Crippen LogP contribution in [-0.4, -0.2) is 25.3 Å². The summed E-state index contributed by atoms with van der Waals surface area (Å²) in [4.78, 5) is 0. The Morgan fingerprint density at radius 3 is 2.30 bits per heavy atom. The molecule has 3 unspecified atom stereocenters. The Balaban J connectivity index is 2.01. The second-order valence-corrected chi connectivity index (χ2v) is 7.11. The van der Waals surface area contributed by atoms with Gasteiger partial charge in [0.25, 0.3) is 0 Å². The maximum atomic E-state index is 6.00. The molecule has 1 aliphatic rings. The molecule has 1 fully saturated rings. The fourth-order valence-electron chi connectivity index (χ4n) is 2.94. The summed E-state index contributed by atoms with van der Waals surface area (Å²) in [5.41, 5.74) is 3.01. The van der Waals surface area contributed by atoms with Crippen molar-refractivity contribution >= 4 is 0 Å². The lowest BCUT2D eigenvalue weighted by atomic mass is 9.86. The van der Waals surface area contributed by atoms with E-state index in [-0.39, 0.29) is 5.41 Å². The fraction of sp³-hybridized carbons (Fsp3) is 0.667. The summed E-state index contributed by atoms with van der Waals surface area (Å²) in [5.74, 6) is 0. The lowest BCUT2D eigenvalue weighted by Crippen LogP contribution is -2.39. The van der Waals surface area contributed by atoms with E-state index in [1.54, 1.807) is 0 Å². The van der Waals surface area contributed by atoms with Crippen molar-refractivity contribution in [3.05, 3.63) is 35.4 Å². The number of nitrogens with one attached hydrogen (secondary N) is 1. The number of rotatable bonds is 4. The lowest BCUT2D eigenvalue weighted by Gasteiger charge is -2.24. The van der Waals surface area contributed by atoms with Crippen LogP contribution in [0.5, 0.6) is 0 Å². The SMILES string of the molecule is CNC(Cc1ccc(C(C)(C)C)cc1)C1CCC(C)O1. The summed E-state index contributed by atoms with van der Waals surface area (Å²) in [6, 6.07) is 9.48. The van der Waals surface area contributed by atoms with Crippen LogP contribution in [0.2, 0.25) is 0 Å². The normalized spacial score (nSPS) is 24.9. The summed E-state index contributed by atoms with van der Waals surface area (Å²) >= 11 is 0. The molecule has 0 radical (unpaired) electrons. The predicted molar refractivity (Wildman–Crippen MR) is 85.3 cm³/mol. The van der Waals surface area contributed by atoms with Crippen molar-refractivity contribution in [1.29, 1.82) is 0 Å². The van der Waals surface area contributed by atoms with Gasteiger partial charge in [-0.3, -0.25) is 0 Å². The largest absolute Gasteiger partial charge is 0.374 e. The highest BCUT2D eigenvalue weighted by Gasteiger charge is 2.28. The molecule has 1 aromatic rings. The minimum atomic E-state index is 0.227. The molecular formula is C18H29NO. The van der Waals surface area contributed by atoms with Gasteiger partial charge >= 0.3 is 0 Å². The number of ether oxygens (including phenoxy) is 1. The number of hydrogen-bond acceptors (Lipinski definition) is 2. The van der Waals surface area contributed by atoms with Crippen LogP contribution in [0.1, 0.15) is 51.7 Å². The van der Waals surface area contributed by atoms with E-state index in [9.17, 15) is 0 Å². The molecule has 1 aliphatic heterocycles. The molecule has 0 bridgehead atoms. The number of likely N-dealkylation sites (N-methyl/N-ethyl adjacent to an activating group) is 1. The lowest BCUT2D eigenvalue weighted by molar-refractivity contribution is 0.0337. The van der Waals surface area contributed by atoms with Gasteiger partial charge in [-0.05, 0) is 49.8 Å². The minimum absolute atomic E-state index is 0.227. The second kappa shape index (κ2) is 6.28. The predicted octanol–water partition coefficient (Wildman–Crippen LogP) is 3.68. The second-order valence-electron chi connectivity index (χ2n) is 7.11. The Bertz CT molecular complexity index is 418. The molecule has 1 aromatic carbocycles. The number of hydrogen-bond donors (Lipinski definition) is 1. The van der Waals surface area contributed by atoms with Crippen molar-refractivity contribution in [2.24, 2.45) is 0 Å². The molecule has 2 rings (SSSR count). The van der Waals surface area contributed by atoms with Gasteiger partial charge in [-0.1, -0.05) is 45.0 Å². The first-order valence-corrected chi connectivity index (χ1v) is 7.82. The first kappa shape index (κ1) is 15.5. The summed E-state index contributed by atoms with van der Waals surface area (Å²) in [6.45, 7) is 8.94. The van der Waals surface area contributed by atoms with Gasteiger partial charge in [0, 0.05) is 6.04 Å². The highest BCUT2D eigenvalue weighted by molar-refractivity contribution is 5.28. The van der Waals surface area contributed by atoms with E-state index in [0.29, 0.717) is 18.2 Å². The Morgan fingerprint density at radius 1 is 1.20 bits per heavy atom. The highest BCUT2D eigenvalue weighted by atomic mass is 16.5. The van der Waals surface area contributed by atoms with E-state index in [1.165, 1.54) is 24.0 Å². The van der Waals surface area contributed by atoms with Crippen LogP contribution >= 0.6 is 0 Å². The summed E-state index contributed by atoms with van der Waals surface area (Å²) in [5, 5.41) is 3.43. The molecule has 20 heavy (non-hydrogen) atoms. The topological polar surface area (TPSA) is 21.3 Å². The molecule has 2 nitrogen and oxygen atoms in total. The van der Waals surface area contributed by atoms with E-state index in [4.69, 9.17) is 4.74 Å². The van der Waals surface area contributed by atoms with Crippen LogP contribution in [0.25, 0.3) is 0 Å². The van der Waals surface area contributed by atoms with Gasteiger partial charge in [0.05, 0.1) is 12.2 Å². The average molecular weight is 275 g/mol. The monoisotopic (exact) mass is 275 g/mol. The highest BCUT2D eigenvalue weighted by Crippen LogP contribution is 2.25. The summed E-state index contributed by atoms with van der Waals surface area (Å²) < 4.78 is 6.00. The molecular weight excluding hydrogens is 246 g/mol. The smallest absolute Gasteiger partial charge is 0.0735 e. The van der Waals surface area contributed by atoms with Gasteiger partial charge in [0.15, 0.2) is 0 Å². The standard InChI is InChI=1S/C18H29NO/c1-13-6-11-17(20-13)16(19-5)12-14-7-9-15(10-8-14)18(2,3)4/h7-10,13,16-17,19H,6,11-12H2,1-5H3. The zero-order chi connectivity index (χ0) is 14.8.